The predicted octanol–water partition coefficient (Wildman–Crippen LogP) is 2.15. The fourth-order valence-electron chi connectivity index (χ4n) is 3.19. The summed E-state index contributed by atoms with van der Waals surface area (Å²) in [5.41, 5.74) is -1.55. The van der Waals surface area contributed by atoms with Crippen molar-refractivity contribution < 1.29 is 24.2 Å². The molecule has 4 rings (SSSR count). The van der Waals surface area contributed by atoms with Gasteiger partial charge in [0.05, 0.1) is 12.1 Å². The third kappa shape index (κ3) is 4.25. The first-order chi connectivity index (χ1) is 14.8. The van der Waals surface area contributed by atoms with Gasteiger partial charge in [-0.25, -0.2) is 8.78 Å². The van der Waals surface area contributed by atoms with Gasteiger partial charge >= 0.3 is 0 Å². The molecule has 0 unspecified atom stereocenters. The molecule has 32 heavy (non-hydrogen) atoms. The van der Waals surface area contributed by atoms with Gasteiger partial charge in [-0.1, -0.05) is 6.07 Å². The Morgan fingerprint density at radius 3 is 2.31 bits per heavy atom. The molecule has 10 heteroatoms. The number of carbonyl (C=O) groups excluding carboxylic acids is 1. The molecule has 0 aliphatic heterocycles. The third-order valence-electron chi connectivity index (χ3n) is 4.72. The van der Waals surface area contributed by atoms with Gasteiger partial charge in [0, 0.05) is 23.5 Å². The van der Waals surface area contributed by atoms with Crippen molar-refractivity contribution in [2.45, 2.75) is 6.54 Å². The number of phenols is 1. The van der Waals surface area contributed by atoms with E-state index >= 15 is 0 Å². The van der Waals surface area contributed by atoms with Crippen LogP contribution in [0.25, 0.3) is 11.0 Å². The summed E-state index contributed by atoms with van der Waals surface area (Å²) in [5.74, 6) is -2.36. The SMILES string of the molecule is O.O=C(Nc1ccc(O)cc1)c1cn(Cc2c(F)cccc2F)c2ccc(=O)[nH]c2c1=O. The molecule has 0 radical (unpaired) electrons. The number of anilines is 1. The van der Waals surface area contributed by atoms with Crippen LogP contribution in [0.15, 0.2) is 70.4 Å². The summed E-state index contributed by atoms with van der Waals surface area (Å²) in [4.78, 5) is 39.8. The largest absolute Gasteiger partial charge is 0.508 e. The molecule has 2 aromatic heterocycles. The van der Waals surface area contributed by atoms with Gasteiger partial charge in [-0.3, -0.25) is 14.4 Å². The van der Waals surface area contributed by atoms with Gasteiger partial charge in [0.25, 0.3) is 5.91 Å². The number of amides is 1. The van der Waals surface area contributed by atoms with E-state index in [9.17, 15) is 28.3 Å². The number of hydrogen-bond donors (Lipinski definition) is 3. The van der Waals surface area contributed by atoms with Gasteiger partial charge in [-0.05, 0) is 42.5 Å². The Morgan fingerprint density at radius 2 is 1.66 bits per heavy atom. The minimum absolute atomic E-state index is 0. The maximum absolute atomic E-state index is 14.2. The molecule has 0 aliphatic carbocycles. The van der Waals surface area contributed by atoms with Crippen LogP contribution in [0.1, 0.15) is 15.9 Å². The van der Waals surface area contributed by atoms with Crippen LogP contribution in [0.4, 0.5) is 14.5 Å². The molecule has 0 aliphatic rings. The van der Waals surface area contributed by atoms with E-state index in [4.69, 9.17) is 0 Å². The quantitative estimate of drug-likeness (QED) is 0.418. The van der Waals surface area contributed by atoms with Crippen LogP contribution in [0, 0.1) is 11.6 Å². The molecule has 0 bridgehead atoms. The Labute approximate surface area is 178 Å². The first-order valence-electron chi connectivity index (χ1n) is 9.13. The Bertz CT molecular complexity index is 1410. The van der Waals surface area contributed by atoms with E-state index in [-0.39, 0.29) is 39.9 Å². The van der Waals surface area contributed by atoms with Gasteiger partial charge in [-0.15, -0.1) is 0 Å². The molecule has 0 saturated heterocycles. The van der Waals surface area contributed by atoms with Gasteiger partial charge in [0.2, 0.25) is 11.0 Å². The lowest BCUT2D eigenvalue weighted by Gasteiger charge is -2.14. The second-order valence-electron chi connectivity index (χ2n) is 6.78. The van der Waals surface area contributed by atoms with Gasteiger partial charge in [0.15, 0.2) is 0 Å². The lowest BCUT2D eigenvalue weighted by atomic mass is 10.1. The summed E-state index contributed by atoms with van der Waals surface area (Å²) < 4.78 is 29.7. The molecule has 0 atom stereocenters. The van der Waals surface area contributed by atoms with E-state index in [2.05, 4.69) is 10.3 Å². The number of aromatic amines is 1. The van der Waals surface area contributed by atoms with Crippen molar-refractivity contribution in [1.29, 1.82) is 0 Å². The molecular formula is C22H17F2N3O5. The minimum Gasteiger partial charge on any atom is -0.508 e. The standard InChI is InChI=1S/C22H15F2N3O4.H2O/c23-16-2-1-3-17(24)14(16)10-27-11-15(21(30)20-18(27)8-9-19(29)26-20)22(31)25-12-4-6-13(28)7-5-12;/h1-9,11,28H,10H2,(H,25,31)(H,26,29);1H2. The van der Waals surface area contributed by atoms with Crippen LogP contribution in [0.3, 0.4) is 0 Å². The topological polar surface area (TPSA) is 136 Å². The molecule has 0 fully saturated rings. The number of phenolic OH excluding ortho intramolecular Hbond substituents is 1. The summed E-state index contributed by atoms with van der Waals surface area (Å²) >= 11 is 0. The van der Waals surface area contributed by atoms with Crippen LogP contribution < -0.4 is 16.3 Å². The first-order valence-corrected chi connectivity index (χ1v) is 9.13. The minimum atomic E-state index is -0.787. The van der Waals surface area contributed by atoms with Crippen molar-refractivity contribution >= 4 is 22.6 Å². The molecule has 4 aromatic rings. The fourth-order valence-corrected chi connectivity index (χ4v) is 3.19. The van der Waals surface area contributed by atoms with E-state index in [1.165, 1.54) is 53.2 Å². The van der Waals surface area contributed by atoms with E-state index in [0.717, 1.165) is 12.1 Å². The Balaban J connectivity index is 0.00000289. The van der Waals surface area contributed by atoms with Crippen LogP contribution in [0.2, 0.25) is 0 Å². The average molecular weight is 441 g/mol. The van der Waals surface area contributed by atoms with Crippen molar-refractivity contribution in [3.63, 3.8) is 0 Å². The van der Waals surface area contributed by atoms with Gasteiger partial charge in [-0.2, -0.15) is 0 Å². The number of nitrogens with one attached hydrogen (secondary N) is 2. The Morgan fingerprint density at radius 1 is 1.00 bits per heavy atom. The van der Waals surface area contributed by atoms with Gasteiger partial charge < -0.3 is 25.5 Å². The predicted molar refractivity (Wildman–Crippen MR) is 114 cm³/mol. The van der Waals surface area contributed by atoms with Crippen molar-refractivity contribution in [1.82, 2.24) is 9.55 Å². The molecule has 8 nitrogen and oxygen atoms in total. The summed E-state index contributed by atoms with van der Waals surface area (Å²) in [6, 6.07) is 11.5. The number of rotatable bonds is 4. The van der Waals surface area contributed by atoms with Crippen molar-refractivity contribution in [2.24, 2.45) is 0 Å². The van der Waals surface area contributed by atoms with Crippen molar-refractivity contribution in [3.05, 3.63) is 104 Å². The highest BCUT2D eigenvalue weighted by atomic mass is 19.1. The van der Waals surface area contributed by atoms with E-state index < -0.39 is 28.5 Å². The number of aromatic nitrogens is 2. The second-order valence-corrected chi connectivity index (χ2v) is 6.78. The summed E-state index contributed by atoms with van der Waals surface area (Å²) in [6.45, 7) is -0.319. The highest BCUT2D eigenvalue weighted by molar-refractivity contribution is 6.05. The highest BCUT2D eigenvalue weighted by Gasteiger charge is 2.18. The number of carbonyl (C=O) groups is 1. The fraction of sp³-hybridized carbons (Fsp3) is 0.0455. The molecule has 2 aromatic carbocycles. The molecule has 5 N–H and O–H groups in total. The molecule has 0 saturated carbocycles. The number of nitrogens with zero attached hydrogens (tertiary/aromatic N) is 1. The summed E-state index contributed by atoms with van der Waals surface area (Å²) in [5, 5.41) is 11.9. The maximum atomic E-state index is 14.2. The number of halogens is 2. The number of pyridine rings is 2. The lowest BCUT2D eigenvalue weighted by Crippen LogP contribution is -2.26. The smallest absolute Gasteiger partial charge is 0.261 e. The lowest BCUT2D eigenvalue weighted by molar-refractivity contribution is 0.102. The number of hydrogen-bond acceptors (Lipinski definition) is 4. The van der Waals surface area contributed by atoms with Crippen LogP contribution in [0.5, 0.6) is 5.75 Å². The molecule has 0 spiro atoms. The zero-order valence-corrected chi connectivity index (χ0v) is 16.4. The van der Waals surface area contributed by atoms with Gasteiger partial charge in [0.1, 0.15) is 28.5 Å². The molecule has 2 heterocycles. The third-order valence-corrected chi connectivity index (χ3v) is 4.72. The average Bonchev–Trinajstić information content (AvgIpc) is 2.74. The van der Waals surface area contributed by atoms with E-state index in [0.29, 0.717) is 5.69 Å². The number of benzene rings is 2. The van der Waals surface area contributed by atoms with Crippen LogP contribution in [-0.2, 0) is 6.54 Å². The number of fused-ring (bicyclic) bond motifs is 1. The zero-order chi connectivity index (χ0) is 22.1. The van der Waals surface area contributed by atoms with Crippen LogP contribution in [-0.4, -0.2) is 26.0 Å². The zero-order valence-electron chi connectivity index (χ0n) is 16.4. The summed E-state index contributed by atoms with van der Waals surface area (Å²) in [7, 11) is 0. The van der Waals surface area contributed by atoms with Crippen molar-refractivity contribution in [3.8, 4) is 5.75 Å². The Hall–Kier alpha value is -4.31. The Kier molecular flexibility index (Phi) is 6.17. The van der Waals surface area contributed by atoms with E-state index in [1.807, 2.05) is 0 Å². The molecule has 1 amide bonds. The van der Waals surface area contributed by atoms with Crippen molar-refractivity contribution in [2.75, 3.05) is 5.32 Å². The molecular weight excluding hydrogens is 424 g/mol. The second kappa shape index (κ2) is 8.82. The summed E-state index contributed by atoms with van der Waals surface area (Å²) in [6.07, 6.45) is 1.19. The van der Waals surface area contributed by atoms with Crippen LogP contribution >= 0.6 is 0 Å². The number of H-pyrrole nitrogens is 1. The normalized spacial score (nSPS) is 10.6. The highest BCUT2D eigenvalue weighted by Crippen LogP contribution is 2.18. The first kappa shape index (κ1) is 22.4. The maximum Gasteiger partial charge on any atom is 0.261 e. The van der Waals surface area contributed by atoms with E-state index in [1.54, 1.807) is 0 Å². The molecule has 164 valence electrons. The number of aromatic hydroxyl groups is 1. The monoisotopic (exact) mass is 441 g/mol.